The lowest BCUT2D eigenvalue weighted by Gasteiger charge is -2.30. The van der Waals surface area contributed by atoms with Crippen molar-refractivity contribution in [1.29, 1.82) is 0 Å². The fourth-order valence-electron chi connectivity index (χ4n) is 3.47. The summed E-state index contributed by atoms with van der Waals surface area (Å²) >= 11 is 0. The predicted molar refractivity (Wildman–Crippen MR) is 118 cm³/mol. The molecule has 0 saturated carbocycles. The van der Waals surface area contributed by atoms with E-state index in [9.17, 15) is 13.2 Å². The SMILES string of the molecule is CCCS(=O)(=O)N1CCCc2cc(NC(=O)Nc3cc(OC)cc(OC)c3)ccc21. The normalized spacial score (nSPS) is 13.4. The fourth-order valence-corrected chi connectivity index (χ4v) is 5.09. The van der Waals surface area contributed by atoms with Crippen LogP contribution in [0.5, 0.6) is 11.5 Å². The Kier molecular flexibility index (Phi) is 6.71. The zero-order valence-electron chi connectivity index (χ0n) is 17.4. The van der Waals surface area contributed by atoms with Gasteiger partial charge in [-0.3, -0.25) is 4.31 Å². The van der Waals surface area contributed by atoms with Crippen LogP contribution < -0.4 is 24.4 Å². The minimum absolute atomic E-state index is 0.124. The fraction of sp³-hybridized carbons (Fsp3) is 0.381. The van der Waals surface area contributed by atoms with Crippen LogP contribution >= 0.6 is 0 Å². The van der Waals surface area contributed by atoms with E-state index in [4.69, 9.17) is 9.47 Å². The zero-order chi connectivity index (χ0) is 21.7. The number of ether oxygens (including phenoxy) is 2. The molecular formula is C21H27N3O5S. The maximum absolute atomic E-state index is 12.5. The van der Waals surface area contributed by atoms with E-state index in [1.54, 1.807) is 30.3 Å². The highest BCUT2D eigenvalue weighted by atomic mass is 32.2. The van der Waals surface area contributed by atoms with Gasteiger partial charge >= 0.3 is 6.03 Å². The number of hydrogen-bond donors (Lipinski definition) is 2. The molecule has 0 radical (unpaired) electrons. The van der Waals surface area contributed by atoms with Crippen LogP contribution in [0.4, 0.5) is 21.9 Å². The molecule has 1 heterocycles. The Balaban J connectivity index is 1.75. The Morgan fingerprint density at radius 2 is 1.70 bits per heavy atom. The van der Waals surface area contributed by atoms with Crippen LogP contribution in [0.3, 0.4) is 0 Å². The molecule has 1 aliphatic rings. The minimum atomic E-state index is -3.33. The lowest BCUT2D eigenvalue weighted by atomic mass is 10.0. The summed E-state index contributed by atoms with van der Waals surface area (Å²) in [5.41, 5.74) is 2.72. The topological polar surface area (TPSA) is 97.0 Å². The Labute approximate surface area is 177 Å². The number of methoxy groups -OCH3 is 2. The van der Waals surface area contributed by atoms with Crippen molar-refractivity contribution in [3.63, 3.8) is 0 Å². The van der Waals surface area contributed by atoms with Gasteiger partial charge in [-0.2, -0.15) is 0 Å². The maximum Gasteiger partial charge on any atom is 0.323 e. The van der Waals surface area contributed by atoms with Crippen LogP contribution in [0.25, 0.3) is 0 Å². The molecule has 3 rings (SSSR count). The molecule has 0 aliphatic carbocycles. The molecule has 0 spiro atoms. The van der Waals surface area contributed by atoms with Gasteiger partial charge in [0.1, 0.15) is 11.5 Å². The third-order valence-electron chi connectivity index (χ3n) is 4.82. The molecule has 9 heteroatoms. The van der Waals surface area contributed by atoms with E-state index in [1.807, 2.05) is 13.0 Å². The van der Waals surface area contributed by atoms with Gasteiger partial charge in [0.05, 0.1) is 25.7 Å². The van der Waals surface area contributed by atoms with Crippen molar-refractivity contribution >= 4 is 33.1 Å². The first kappa shape index (κ1) is 21.8. The highest BCUT2D eigenvalue weighted by Gasteiger charge is 2.26. The Morgan fingerprint density at radius 1 is 1.03 bits per heavy atom. The van der Waals surface area contributed by atoms with Crippen LogP contribution in [0.15, 0.2) is 36.4 Å². The van der Waals surface area contributed by atoms with E-state index >= 15 is 0 Å². The summed E-state index contributed by atoms with van der Waals surface area (Å²) in [5, 5.41) is 5.55. The Hall–Kier alpha value is -2.94. The van der Waals surface area contributed by atoms with Gasteiger partial charge in [-0.15, -0.1) is 0 Å². The van der Waals surface area contributed by atoms with Gasteiger partial charge < -0.3 is 20.1 Å². The van der Waals surface area contributed by atoms with Gasteiger partial charge in [0.2, 0.25) is 10.0 Å². The quantitative estimate of drug-likeness (QED) is 0.692. The molecule has 162 valence electrons. The molecule has 0 saturated heterocycles. The number of aryl methyl sites for hydroxylation is 1. The summed E-state index contributed by atoms with van der Waals surface area (Å²) in [6.45, 7) is 2.34. The second kappa shape index (κ2) is 9.25. The molecule has 2 aromatic carbocycles. The highest BCUT2D eigenvalue weighted by molar-refractivity contribution is 7.92. The molecule has 30 heavy (non-hydrogen) atoms. The Bertz CT molecular complexity index is 1000. The number of sulfonamides is 1. The van der Waals surface area contributed by atoms with Crippen molar-refractivity contribution in [2.24, 2.45) is 0 Å². The van der Waals surface area contributed by atoms with E-state index in [0.717, 1.165) is 18.4 Å². The summed E-state index contributed by atoms with van der Waals surface area (Å²) in [4.78, 5) is 12.4. The first-order valence-electron chi connectivity index (χ1n) is 9.80. The van der Waals surface area contributed by atoms with E-state index in [1.165, 1.54) is 18.5 Å². The molecule has 2 amide bonds. The predicted octanol–water partition coefficient (Wildman–Crippen LogP) is 3.84. The van der Waals surface area contributed by atoms with Crippen LogP contribution in [0.1, 0.15) is 25.3 Å². The van der Waals surface area contributed by atoms with E-state index in [2.05, 4.69) is 10.6 Å². The largest absolute Gasteiger partial charge is 0.497 e. The number of rotatable bonds is 7. The van der Waals surface area contributed by atoms with Gasteiger partial charge in [0, 0.05) is 36.1 Å². The van der Waals surface area contributed by atoms with Gasteiger partial charge in [-0.25, -0.2) is 13.2 Å². The van der Waals surface area contributed by atoms with Crippen molar-refractivity contribution in [3.8, 4) is 11.5 Å². The molecule has 1 aliphatic heterocycles. The van der Waals surface area contributed by atoms with Crippen LogP contribution in [-0.2, 0) is 16.4 Å². The zero-order valence-corrected chi connectivity index (χ0v) is 18.2. The molecule has 0 unspecified atom stereocenters. The van der Waals surface area contributed by atoms with Crippen LogP contribution in [-0.4, -0.2) is 41.0 Å². The van der Waals surface area contributed by atoms with Crippen molar-refractivity contribution in [3.05, 3.63) is 42.0 Å². The lowest BCUT2D eigenvalue weighted by Crippen LogP contribution is -2.37. The summed E-state index contributed by atoms with van der Waals surface area (Å²) < 4.78 is 37.0. The summed E-state index contributed by atoms with van der Waals surface area (Å²) in [6.07, 6.45) is 2.08. The number of nitrogens with zero attached hydrogens (tertiary/aromatic N) is 1. The average Bonchev–Trinajstić information content (AvgIpc) is 2.72. The van der Waals surface area contributed by atoms with E-state index in [0.29, 0.717) is 41.5 Å². The standard InChI is InChI=1S/C21H27N3O5S/c1-4-10-30(26,27)24-9-5-6-15-11-16(7-8-20(15)24)22-21(25)23-17-12-18(28-2)14-19(13-17)29-3/h7-8,11-14H,4-6,9-10H2,1-3H3,(H2,22,23,25). The molecule has 0 fully saturated rings. The molecular weight excluding hydrogens is 406 g/mol. The number of carbonyl (C=O) groups excluding carboxylic acids is 1. The smallest absolute Gasteiger partial charge is 0.323 e. The number of benzene rings is 2. The lowest BCUT2D eigenvalue weighted by molar-refractivity contribution is 0.262. The molecule has 2 aromatic rings. The Morgan fingerprint density at radius 3 is 2.33 bits per heavy atom. The molecule has 0 aromatic heterocycles. The summed E-state index contributed by atoms with van der Waals surface area (Å²) in [7, 11) is -0.252. The third kappa shape index (κ3) is 4.96. The first-order chi connectivity index (χ1) is 14.4. The number of urea groups is 1. The second-order valence-corrected chi connectivity index (χ2v) is 9.03. The number of nitrogens with one attached hydrogen (secondary N) is 2. The number of fused-ring (bicyclic) bond motifs is 1. The second-order valence-electron chi connectivity index (χ2n) is 7.02. The van der Waals surface area contributed by atoms with E-state index in [-0.39, 0.29) is 5.75 Å². The molecule has 8 nitrogen and oxygen atoms in total. The number of amides is 2. The van der Waals surface area contributed by atoms with Gasteiger partial charge in [0.25, 0.3) is 0 Å². The first-order valence-corrected chi connectivity index (χ1v) is 11.4. The van der Waals surface area contributed by atoms with Crippen molar-refractivity contribution in [2.45, 2.75) is 26.2 Å². The number of carbonyl (C=O) groups is 1. The summed E-state index contributed by atoms with van der Waals surface area (Å²) in [5.74, 6) is 1.25. The van der Waals surface area contributed by atoms with Gasteiger partial charge in [0.15, 0.2) is 0 Å². The summed E-state index contributed by atoms with van der Waals surface area (Å²) in [6, 6.07) is 9.96. The highest BCUT2D eigenvalue weighted by Crippen LogP contribution is 2.32. The van der Waals surface area contributed by atoms with Crippen molar-refractivity contribution in [1.82, 2.24) is 0 Å². The van der Waals surface area contributed by atoms with Crippen LogP contribution in [0, 0.1) is 0 Å². The molecule has 0 bridgehead atoms. The third-order valence-corrected chi connectivity index (χ3v) is 6.80. The number of hydrogen-bond acceptors (Lipinski definition) is 5. The van der Waals surface area contributed by atoms with Crippen LogP contribution in [0.2, 0.25) is 0 Å². The number of anilines is 3. The van der Waals surface area contributed by atoms with Crippen molar-refractivity contribution in [2.75, 3.05) is 41.5 Å². The van der Waals surface area contributed by atoms with E-state index < -0.39 is 16.1 Å². The van der Waals surface area contributed by atoms with Crippen molar-refractivity contribution < 1.29 is 22.7 Å². The molecule has 0 atom stereocenters. The minimum Gasteiger partial charge on any atom is -0.497 e. The van der Waals surface area contributed by atoms with Gasteiger partial charge in [-0.1, -0.05) is 6.92 Å². The average molecular weight is 434 g/mol. The molecule has 2 N–H and O–H groups in total. The van der Waals surface area contributed by atoms with Gasteiger partial charge in [-0.05, 0) is 43.0 Å². The maximum atomic E-state index is 12.5. The monoisotopic (exact) mass is 433 g/mol.